The van der Waals surface area contributed by atoms with E-state index in [9.17, 15) is 9.59 Å². The molecule has 8 heteroatoms. The molecular formula is C23H29N3O5. The summed E-state index contributed by atoms with van der Waals surface area (Å²) in [6.07, 6.45) is 3.67. The maximum atomic E-state index is 13.6. The molecule has 166 valence electrons. The Morgan fingerprint density at radius 1 is 1.16 bits per heavy atom. The Bertz CT molecular complexity index is 867. The Balaban J connectivity index is 1.44. The fourth-order valence-corrected chi connectivity index (χ4v) is 5.24. The topological polar surface area (TPSA) is 81.2 Å². The number of carbonyl (C=O) groups excluding carboxylic acids is 2. The average Bonchev–Trinajstić information content (AvgIpc) is 3.10. The van der Waals surface area contributed by atoms with Crippen LogP contribution in [0, 0.1) is 5.92 Å². The maximum Gasteiger partial charge on any atom is 0.290 e. The normalized spacial score (nSPS) is 31.5. The summed E-state index contributed by atoms with van der Waals surface area (Å²) in [7, 11) is 1.69. The van der Waals surface area contributed by atoms with Crippen LogP contribution in [-0.2, 0) is 23.8 Å². The lowest BCUT2D eigenvalue weighted by atomic mass is 9.77. The van der Waals surface area contributed by atoms with E-state index in [1.54, 1.807) is 18.2 Å². The Kier molecular flexibility index (Phi) is 5.77. The summed E-state index contributed by atoms with van der Waals surface area (Å²) in [4.78, 5) is 35.6. The van der Waals surface area contributed by atoms with E-state index in [1.807, 2.05) is 18.2 Å². The van der Waals surface area contributed by atoms with Crippen molar-refractivity contribution in [1.82, 2.24) is 14.8 Å². The molecule has 31 heavy (non-hydrogen) atoms. The quantitative estimate of drug-likeness (QED) is 0.701. The highest BCUT2D eigenvalue weighted by molar-refractivity contribution is 6.11. The van der Waals surface area contributed by atoms with Crippen LogP contribution in [0.5, 0.6) is 0 Å². The minimum absolute atomic E-state index is 0.0404. The average molecular weight is 428 g/mol. The van der Waals surface area contributed by atoms with E-state index in [0.29, 0.717) is 37.4 Å². The molecule has 4 unspecified atom stereocenters. The summed E-state index contributed by atoms with van der Waals surface area (Å²) in [5, 5.41) is 0. The third-order valence-electron chi connectivity index (χ3n) is 6.96. The lowest BCUT2D eigenvalue weighted by Crippen LogP contribution is -2.43. The number of methoxy groups -OCH3 is 1. The number of hydrogen-bond donors (Lipinski definition) is 0. The fraction of sp³-hybridized carbons (Fsp3) is 0.609. The zero-order valence-corrected chi connectivity index (χ0v) is 17.9. The predicted molar refractivity (Wildman–Crippen MR) is 111 cm³/mol. The number of carbonyl (C=O) groups is 2. The van der Waals surface area contributed by atoms with E-state index in [0.717, 1.165) is 32.5 Å². The number of rotatable bonds is 5. The summed E-state index contributed by atoms with van der Waals surface area (Å²) in [6, 6.07) is 5.14. The van der Waals surface area contributed by atoms with Crippen molar-refractivity contribution in [2.75, 3.05) is 46.5 Å². The Morgan fingerprint density at radius 2 is 2.00 bits per heavy atom. The smallest absolute Gasteiger partial charge is 0.290 e. The molecule has 0 spiro atoms. The van der Waals surface area contributed by atoms with Gasteiger partial charge in [-0.3, -0.25) is 19.5 Å². The van der Waals surface area contributed by atoms with Gasteiger partial charge in [0, 0.05) is 45.9 Å². The van der Waals surface area contributed by atoms with Crippen LogP contribution in [0.15, 0.2) is 35.7 Å². The first-order valence-electron chi connectivity index (χ1n) is 11.2. The van der Waals surface area contributed by atoms with Crippen LogP contribution >= 0.6 is 0 Å². The third-order valence-corrected chi connectivity index (χ3v) is 6.96. The number of nitrogens with zero attached hydrogens (tertiary/aromatic N) is 3. The number of morpholine rings is 1. The molecule has 5 rings (SSSR count). The van der Waals surface area contributed by atoms with Crippen LogP contribution in [0.25, 0.3) is 0 Å². The number of ketones is 1. The molecule has 2 fully saturated rings. The van der Waals surface area contributed by atoms with Gasteiger partial charge in [-0.1, -0.05) is 6.07 Å². The van der Waals surface area contributed by atoms with Crippen molar-refractivity contribution in [3.05, 3.63) is 41.4 Å². The lowest BCUT2D eigenvalue weighted by molar-refractivity contribution is -0.138. The van der Waals surface area contributed by atoms with Crippen LogP contribution in [0.1, 0.15) is 31.0 Å². The highest BCUT2D eigenvalue weighted by Gasteiger charge is 2.53. The van der Waals surface area contributed by atoms with Crippen LogP contribution in [-0.4, -0.2) is 85.2 Å². The SMILES string of the molecule is COC1CCC2C(=O)C3=C(OC2C1)C(=O)N(CCN1CCOCC1)C3c1ccccn1. The molecule has 4 heterocycles. The van der Waals surface area contributed by atoms with Crippen molar-refractivity contribution in [2.24, 2.45) is 5.92 Å². The number of pyridine rings is 1. The molecule has 8 nitrogen and oxygen atoms in total. The number of amides is 1. The predicted octanol–water partition coefficient (Wildman–Crippen LogP) is 1.33. The highest BCUT2D eigenvalue weighted by Crippen LogP contribution is 2.46. The first-order valence-corrected chi connectivity index (χ1v) is 11.2. The number of fused-ring (bicyclic) bond motifs is 1. The number of aromatic nitrogens is 1. The standard InChI is InChI=1S/C23H29N3O5/c1-29-15-5-6-16-18(14-15)31-22-19(21(16)27)20(17-4-2-3-7-24-17)26(23(22)28)9-8-25-10-12-30-13-11-25/h2-4,7,15-16,18,20H,5-6,8-14H2,1H3. The van der Waals surface area contributed by atoms with Gasteiger partial charge in [-0.25, -0.2) is 0 Å². The molecule has 0 radical (unpaired) electrons. The van der Waals surface area contributed by atoms with Gasteiger partial charge in [-0.2, -0.15) is 0 Å². The van der Waals surface area contributed by atoms with E-state index >= 15 is 0 Å². The molecule has 1 aliphatic carbocycles. The highest BCUT2D eigenvalue weighted by atomic mass is 16.5. The Labute approximate surface area is 182 Å². The van der Waals surface area contributed by atoms with E-state index in [-0.39, 0.29) is 35.6 Å². The molecule has 4 aliphatic rings. The van der Waals surface area contributed by atoms with Gasteiger partial charge in [0.05, 0.1) is 36.5 Å². The molecule has 0 N–H and O–H groups in total. The monoisotopic (exact) mass is 427 g/mol. The van der Waals surface area contributed by atoms with E-state index in [2.05, 4.69) is 9.88 Å². The van der Waals surface area contributed by atoms with E-state index < -0.39 is 6.04 Å². The molecule has 1 saturated heterocycles. The maximum absolute atomic E-state index is 13.6. The summed E-state index contributed by atoms with van der Waals surface area (Å²) < 4.78 is 17.2. The second-order valence-corrected chi connectivity index (χ2v) is 8.65. The minimum atomic E-state index is -0.488. The molecule has 4 atom stereocenters. The second-order valence-electron chi connectivity index (χ2n) is 8.65. The Hall–Kier alpha value is -2.29. The molecular weight excluding hydrogens is 398 g/mol. The fourth-order valence-electron chi connectivity index (χ4n) is 5.24. The number of ether oxygens (including phenoxy) is 3. The van der Waals surface area contributed by atoms with E-state index in [1.165, 1.54) is 0 Å². The van der Waals surface area contributed by atoms with Crippen molar-refractivity contribution in [3.8, 4) is 0 Å². The van der Waals surface area contributed by atoms with Crippen LogP contribution in [0.2, 0.25) is 0 Å². The third kappa shape index (κ3) is 3.77. The van der Waals surface area contributed by atoms with Gasteiger partial charge >= 0.3 is 0 Å². The first kappa shape index (κ1) is 20.6. The van der Waals surface area contributed by atoms with Gasteiger partial charge in [0.2, 0.25) is 0 Å². The van der Waals surface area contributed by atoms with Crippen molar-refractivity contribution >= 4 is 11.7 Å². The molecule has 1 saturated carbocycles. The van der Waals surface area contributed by atoms with Gasteiger partial charge in [-0.05, 0) is 25.0 Å². The lowest BCUT2D eigenvalue weighted by Gasteiger charge is -2.38. The van der Waals surface area contributed by atoms with Gasteiger partial charge < -0.3 is 19.1 Å². The van der Waals surface area contributed by atoms with Crippen molar-refractivity contribution in [2.45, 2.75) is 37.5 Å². The molecule has 1 amide bonds. The summed E-state index contributed by atoms with van der Waals surface area (Å²) in [5.41, 5.74) is 1.20. The molecule has 1 aromatic rings. The zero-order chi connectivity index (χ0) is 21.4. The van der Waals surface area contributed by atoms with Crippen molar-refractivity contribution in [1.29, 1.82) is 0 Å². The van der Waals surface area contributed by atoms with Gasteiger partial charge in [0.15, 0.2) is 11.5 Å². The van der Waals surface area contributed by atoms with Crippen LogP contribution in [0.4, 0.5) is 0 Å². The number of hydrogen-bond acceptors (Lipinski definition) is 7. The first-order chi connectivity index (χ1) is 15.2. The Morgan fingerprint density at radius 3 is 2.74 bits per heavy atom. The second kappa shape index (κ2) is 8.68. The zero-order valence-electron chi connectivity index (χ0n) is 17.9. The summed E-state index contributed by atoms with van der Waals surface area (Å²) >= 11 is 0. The van der Waals surface area contributed by atoms with Crippen LogP contribution < -0.4 is 0 Å². The number of Topliss-reactive ketones (excluding diaryl/α,β-unsaturated/α-hetero) is 1. The largest absolute Gasteiger partial charge is 0.483 e. The van der Waals surface area contributed by atoms with Crippen LogP contribution in [0.3, 0.4) is 0 Å². The molecule has 3 aliphatic heterocycles. The molecule has 0 bridgehead atoms. The molecule has 0 aromatic carbocycles. The van der Waals surface area contributed by atoms with E-state index in [4.69, 9.17) is 14.2 Å². The minimum Gasteiger partial charge on any atom is -0.483 e. The van der Waals surface area contributed by atoms with Gasteiger partial charge in [0.25, 0.3) is 5.91 Å². The summed E-state index contributed by atoms with van der Waals surface area (Å²) in [5.74, 6) is -0.159. The van der Waals surface area contributed by atoms with Crippen molar-refractivity contribution in [3.63, 3.8) is 0 Å². The molecule has 1 aromatic heterocycles. The van der Waals surface area contributed by atoms with Gasteiger partial charge in [-0.15, -0.1) is 0 Å². The summed E-state index contributed by atoms with van der Waals surface area (Å²) in [6.45, 7) is 4.35. The van der Waals surface area contributed by atoms with Crippen molar-refractivity contribution < 1.29 is 23.8 Å². The van der Waals surface area contributed by atoms with Gasteiger partial charge in [0.1, 0.15) is 12.1 Å².